The van der Waals surface area contributed by atoms with Gasteiger partial charge in [-0.25, -0.2) is 15.0 Å². The first-order valence-electron chi connectivity index (χ1n) is 7.20. The number of carbonyl (C=O) groups is 1. The summed E-state index contributed by atoms with van der Waals surface area (Å²) < 4.78 is 5.40. The van der Waals surface area contributed by atoms with Crippen molar-refractivity contribution < 1.29 is 14.6 Å². The lowest BCUT2D eigenvalue weighted by atomic mass is 10.2. The van der Waals surface area contributed by atoms with Crippen LogP contribution in [0.2, 0.25) is 0 Å². The van der Waals surface area contributed by atoms with Crippen LogP contribution in [0.1, 0.15) is 6.92 Å². The maximum absolute atomic E-state index is 10.9. The molecule has 0 aliphatic carbocycles. The van der Waals surface area contributed by atoms with Gasteiger partial charge in [0.25, 0.3) is 0 Å². The second-order valence-corrected chi connectivity index (χ2v) is 5.17. The van der Waals surface area contributed by atoms with Crippen molar-refractivity contribution in [2.24, 2.45) is 0 Å². The fraction of sp³-hybridized carbons (Fsp3) is 0.333. The summed E-state index contributed by atoms with van der Waals surface area (Å²) in [4.78, 5) is 25.0. The van der Waals surface area contributed by atoms with Crippen molar-refractivity contribution in [2.75, 3.05) is 18.0 Å². The van der Waals surface area contributed by atoms with Crippen LogP contribution in [-0.2, 0) is 9.53 Å². The minimum Gasteiger partial charge on any atom is -0.354 e. The molecule has 3 rings (SSSR count). The summed E-state index contributed by atoms with van der Waals surface area (Å²) >= 11 is 0. The van der Waals surface area contributed by atoms with Gasteiger partial charge in [-0.15, -0.1) is 12.4 Å². The van der Waals surface area contributed by atoms with E-state index in [1.807, 2.05) is 6.07 Å². The van der Waals surface area contributed by atoms with Gasteiger partial charge in [-0.3, -0.25) is 4.79 Å². The summed E-state index contributed by atoms with van der Waals surface area (Å²) in [5, 5.41) is 12.7. The number of anilines is 1. The van der Waals surface area contributed by atoms with Gasteiger partial charge in [0, 0.05) is 31.4 Å². The molecule has 3 heterocycles. The Kier molecular flexibility index (Phi) is 6.02. The number of pyridine rings is 1. The lowest BCUT2D eigenvalue weighted by Gasteiger charge is -2.19. The predicted molar refractivity (Wildman–Crippen MR) is 89.4 cm³/mol. The number of nitrogens with one attached hydrogen (secondary N) is 1. The molecule has 1 aliphatic heterocycles. The molecule has 1 aliphatic rings. The topological polar surface area (TPSA) is 100 Å². The van der Waals surface area contributed by atoms with Crippen molar-refractivity contribution in [1.82, 2.24) is 20.3 Å². The number of aromatic nitrogens is 3. The summed E-state index contributed by atoms with van der Waals surface area (Å²) in [5.41, 5.74) is 1.64. The smallest absolute Gasteiger partial charge is 0.239 e. The minimum atomic E-state index is -1.08. The standard InChI is InChI=1S/C15H17N5O3.ClH/c1-10(21)17-7-12-8-20(15(22)23-12)14-3-2-11(6-18-14)13-4-5-16-9-19-13;/h2-6,9,12,15,22H,7-8H2,1H3,(H,17,21);1H/t12-,15-;/m0./s1. The molecule has 0 radical (unpaired) electrons. The predicted octanol–water partition coefficient (Wildman–Crippen LogP) is 0.578. The average molecular weight is 352 g/mol. The highest BCUT2D eigenvalue weighted by molar-refractivity contribution is 5.85. The van der Waals surface area contributed by atoms with Crippen molar-refractivity contribution >= 4 is 24.1 Å². The van der Waals surface area contributed by atoms with E-state index in [9.17, 15) is 9.90 Å². The monoisotopic (exact) mass is 351 g/mol. The van der Waals surface area contributed by atoms with E-state index in [0.717, 1.165) is 11.3 Å². The minimum absolute atomic E-state index is 0. The number of halogens is 1. The van der Waals surface area contributed by atoms with Gasteiger partial charge >= 0.3 is 0 Å². The van der Waals surface area contributed by atoms with E-state index in [1.165, 1.54) is 13.3 Å². The Morgan fingerprint density at radius 2 is 2.25 bits per heavy atom. The van der Waals surface area contributed by atoms with Crippen molar-refractivity contribution in [3.8, 4) is 11.3 Å². The molecule has 2 atom stereocenters. The van der Waals surface area contributed by atoms with E-state index in [2.05, 4.69) is 20.3 Å². The summed E-state index contributed by atoms with van der Waals surface area (Å²) in [6.45, 7) is 2.24. The molecule has 0 spiro atoms. The highest BCUT2D eigenvalue weighted by Gasteiger charge is 2.32. The number of nitrogens with zero attached hydrogens (tertiary/aromatic N) is 4. The molecule has 1 amide bonds. The van der Waals surface area contributed by atoms with Gasteiger partial charge < -0.3 is 20.1 Å². The van der Waals surface area contributed by atoms with E-state index in [0.29, 0.717) is 18.9 Å². The van der Waals surface area contributed by atoms with Crippen LogP contribution in [0.5, 0.6) is 0 Å². The number of rotatable bonds is 4. The quantitative estimate of drug-likeness (QED) is 0.830. The van der Waals surface area contributed by atoms with Gasteiger partial charge in [-0.1, -0.05) is 0 Å². The molecule has 24 heavy (non-hydrogen) atoms. The first kappa shape index (κ1) is 18.1. The zero-order chi connectivity index (χ0) is 16.2. The van der Waals surface area contributed by atoms with Gasteiger partial charge in [0.2, 0.25) is 12.3 Å². The van der Waals surface area contributed by atoms with Crippen LogP contribution in [0.4, 0.5) is 5.82 Å². The van der Waals surface area contributed by atoms with Crippen molar-refractivity contribution in [2.45, 2.75) is 19.4 Å². The van der Waals surface area contributed by atoms with Crippen LogP contribution < -0.4 is 10.2 Å². The van der Waals surface area contributed by atoms with Crippen LogP contribution in [0, 0.1) is 0 Å². The third-order valence-electron chi connectivity index (χ3n) is 3.48. The fourth-order valence-electron chi connectivity index (χ4n) is 2.34. The Bertz CT molecular complexity index is 671. The molecule has 1 fully saturated rings. The number of aliphatic hydroxyl groups is 1. The normalized spacial score (nSPS) is 19.7. The number of aliphatic hydroxyl groups excluding tert-OH is 1. The van der Waals surface area contributed by atoms with E-state index >= 15 is 0 Å². The molecule has 9 heteroatoms. The molecular formula is C15H18ClN5O3. The van der Waals surface area contributed by atoms with Crippen molar-refractivity contribution in [3.63, 3.8) is 0 Å². The summed E-state index contributed by atoms with van der Waals surface area (Å²) in [7, 11) is 0. The second-order valence-electron chi connectivity index (χ2n) is 5.17. The molecule has 1 saturated heterocycles. The van der Waals surface area contributed by atoms with Crippen LogP contribution in [-0.4, -0.2) is 51.6 Å². The molecule has 2 N–H and O–H groups in total. The Balaban J connectivity index is 0.00000208. The van der Waals surface area contributed by atoms with Crippen LogP contribution in [0.3, 0.4) is 0 Å². The van der Waals surface area contributed by atoms with Crippen LogP contribution in [0.15, 0.2) is 36.9 Å². The molecule has 0 aromatic carbocycles. The molecule has 8 nitrogen and oxygen atoms in total. The third kappa shape index (κ3) is 4.16. The Morgan fingerprint density at radius 3 is 2.88 bits per heavy atom. The van der Waals surface area contributed by atoms with E-state index in [4.69, 9.17) is 4.74 Å². The number of hydrogen-bond acceptors (Lipinski definition) is 7. The zero-order valence-electron chi connectivity index (χ0n) is 13.0. The summed E-state index contributed by atoms with van der Waals surface area (Å²) in [5.74, 6) is 0.467. The highest BCUT2D eigenvalue weighted by Crippen LogP contribution is 2.23. The third-order valence-corrected chi connectivity index (χ3v) is 3.48. The summed E-state index contributed by atoms with van der Waals surface area (Å²) in [6, 6.07) is 5.47. The van der Waals surface area contributed by atoms with E-state index in [1.54, 1.807) is 29.4 Å². The van der Waals surface area contributed by atoms with Gasteiger partial charge in [0.05, 0.1) is 18.3 Å². The van der Waals surface area contributed by atoms with Gasteiger partial charge in [0.1, 0.15) is 12.1 Å². The summed E-state index contributed by atoms with van der Waals surface area (Å²) in [6.07, 6.45) is 3.48. The molecule has 0 unspecified atom stereocenters. The van der Waals surface area contributed by atoms with Crippen molar-refractivity contribution in [1.29, 1.82) is 0 Å². The van der Waals surface area contributed by atoms with Crippen LogP contribution >= 0.6 is 12.4 Å². The molecule has 2 aromatic heterocycles. The van der Waals surface area contributed by atoms with Crippen LogP contribution in [0.25, 0.3) is 11.3 Å². The number of ether oxygens (including phenoxy) is 1. The first-order chi connectivity index (χ1) is 11.1. The Labute approximate surface area is 145 Å². The number of amides is 1. The van der Waals surface area contributed by atoms with Gasteiger partial charge in [-0.2, -0.15) is 0 Å². The molecule has 128 valence electrons. The molecular weight excluding hydrogens is 334 g/mol. The molecule has 0 saturated carbocycles. The lowest BCUT2D eigenvalue weighted by molar-refractivity contribution is -0.121. The molecule has 0 bridgehead atoms. The number of carbonyl (C=O) groups excluding carboxylic acids is 1. The highest BCUT2D eigenvalue weighted by atomic mass is 35.5. The average Bonchev–Trinajstić information content (AvgIpc) is 2.95. The lowest BCUT2D eigenvalue weighted by Crippen LogP contribution is -2.33. The number of hydrogen-bond donors (Lipinski definition) is 2. The van der Waals surface area contributed by atoms with E-state index < -0.39 is 6.41 Å². The van der Waals surface area contributed by atoms with Gasteiger partial charge in [-0.05, 0) is 18.2 Å². The maximum atomic E-state index is 10.9. The van der Waals surface area contributed by atoms with E-state index in [-0.39, 0.29) is 24.4 Å². The largest absolute Gasteiger partial charge is 0.354 e. The van der Waals surface area contributed by atoms with Gasteiger partial charge in [0.15, 0.2) is 0 Å². The first-order valence-corrected chi connectivity index (χ1v) is 7.20. The second kappa shape index (κ2) is 8.00. The zero-order valence-corrected chi connectivity index (χ0v) is 13.8. The SMILES string of the molecule is CC(=O)NC[C@H]1CN(c2ccc(-c3ccncn3)cn2)[C@@H](O)O1.Cl. The molecule has 2 aromatic rings. The Hall–Kier alpha value is -2.29. The Morgan fingerprint density at radius 1 is 1.42 bits per heavy atom. The van der Waals surface area contributed by atoms with Crippen molar-refractivity contribution in [3.05, 3.63) is 36.9 Å². The fourth-order valence-corrected chi connectivity index (χ4v) is 2.34. The maximum Gasteiger partial charge on any atom is 0.239 e.